The van der Waals surface area contributed by atoms with Crippen LogP contribution in [0.25, 0.3) is 0 Å². The van der Waals surface area contributed by atoms with Crippen molar-refractivity contribution in [3.63, 3.8) is 0 Å². The summed E-state index contributed by atoms with van der Waals surface area (Å²) in [4.78, 5) is 22.5. The molecule has 1 unspecified atom stereocenters. The van der Waals surface area contributed by atoms with Crippen LogP contribution in [0.5, 0.6) is 0 Å². The third-order valence-corrected chi connectivity index (χ3v) is 3.46. The van der Waals surface area contributed by atoms with E-state index in [4.69, 9.17) is 23.7 Å². The average molecular weight is 320 g/mol. The van der Waals surface area contributed by atoms with E-state index in [1.165, 1.54) is 6.92 Å². The summed E-state index contributed by atoms with van der Waals surface area (Å²) in [5.41, 5.74) is 0. The van der Waals surface area contributed by atoms with Crippen molar-refractivity contribution in [3.05, 3.63) is 0 Å². The van der Waals surface area contributed by atoms with Crippen LogP contribution in [0, 0.1) is 0 Å². The summed E-state index contributed by atoms with van der Waals surface area (Å²) in [5.74, 6) is -1.30. The summed E-state index contributed by atoms with van der Waals surface area (Å²) in [6, 6.07) is 0. The van der Waals surface area contributed by atoms with Gasteiger partial charge in [0, 0.05) is 13.8 Å². The van der Waals surface area contributed by atoms with Crippen LogP contribution in [0.4, 0.5) is 4.39 Å². The van der Waals surface area contributed by atoms with Gasteiger partial charge >= 0.3 is 11.9 Å². The summed E-state index contributed by atoms with van der Waals surface area (Å²) in [6.45, 7) is 4.44. The van der Waals surface area contributed by atoms with Crippen molar-refractivity contribution in [2.24, 2.45) is 0 Å². The van der Waals surface area contributed by atoms with Gasteiger partial charge in [0.15, 0.2) is 18.5 Å². The topological polar surface area (TPSA) is 80.3 Å². The molecule has 0 saturated carbocycles. The molecule has 2 fully saturated rings. The van der Waals surface area contributed by atoms with Crippen molar-refractivity contribution in [1.29, 1.82) is 0 Å². The van der Waals surface area contributed by atoms with Crippen molar-refractivity contribution < 1.29 is 37.7 Å². The Balaban J connectivity index is 2.18. The molecule has 2 aliphatic rings. The van der Waals surface area contributed by atoms with E-state index in [-0.39, 0.29) is 6.61 Å². The zero-order valence-corrected chi connectivity index (χ0v) is 12.8. The van der Waals surface area contributed by atoms with Crippen molar-refractivity contribution in [1.82, 2.24) is 0 Å². The van der Waals surface area contributed by atoms with E-state index in [9.17, 15) is 14.0 Å². The van der Waals surface area contributed by atoms with E-state index in [1.54, 1.807) is 0 Å². The van der Waals surface area contributed by atoms with Crippen LogP contribution in [-0.4, -0.2) is 55.6 Å². The smallest absolute Gasteiger partial charge is 0.303 e. The van der Waals surface area contributed by atoms with Gasteiger partial charge in [0.05, 0.1) is 6.61 Å². The lowest BCUT2D eigenvalue weighted by atomic mass is 9.98. The van der Waals surface area contributed by atoms with Gasteiger partial charge in [0.2, 0.25) is 6.36 Å². The Bertz CT molecular complexity index is 416. The Labute approximate surface area is 128 Å². The molecule has 0 aromatic carbocycles. The van der Waals surface area contributed by atoms with E-state index in [2.05, 4.69) is 0 Å². The molecular formula is C14H21FO7. The minimum Gasteiger partial charge on any atom is -0.455 e. The molecule has 0 spiro atoms. The summed E-state index contributed by atoms with van der Waals surface area (Å²) in [7, 11) is 0. The molecule has 0 amide bonds. The second-order valence-electron chi connectivity index (χ2n) is 5.33. The van der Waals surface area contributed by atoms with Crippen molar-refractivity contribution in [2.75, 3.05) is 6.61 Å². The van der Waals surface area contributed by atoms with E-state index >= 15 is 0 Å². The average Bonchev–Trinajstić information content (AvgIpc) is 2.43. The first-order valence-corrected chi connectivity index (χ1v) is 7.33. The van der Waals surface area contributed by atoms with Gasteiger partial charge in [-0.1, -0.05) is 13.3 Å². The molecule has 2 aliphatic heterocycles. The van der Waals surface area contributed by atoms with Crippen molar-refractivity contribution in [2.45, 2.75) is 70.7 Å². The van der Waals surface area contributed by atoms with Crippen LogP contribution < -0.4 is 0 Å². The fraction of sp³-hybridized carbons (Fsp3) is 0.857. The number of hydrogen-bond acceptors (Lipinski definition) is 7. The van der Waals surface area contributed by atoms with Crippen LogP contribution in [0.15, 0.2) is 0 Å². The number of halogens is 1. The summed E-state index contributed by atoms with van der Waals surface area (Å²) in [6.07, 6.45) is -4.81. The number of hydrogen-bond donors (Lipinski definition) is 0. The summed E-state index contributed by atoms with van der Waals surface area (Å²) in [5, 5.41) is 0. The van der Waals surface area contributed by atoms with Gasteiger partial charge in [-0.15, -0.1) is 0 Å². The maximum atomic E-state index is 14.1. The maximum Gasteiger partial charge on any atom is 0.303 e. The SMILES string of the molecule is CCCC1OC[C@H]2O[C@H](F)[C@H](OC(C)=O)[C@@H](OC(C)=O)[C@@H]2O1. The van der Waals surface area contributed by atoms with Gasteiger partial charge in [0.25, 0.3) is 0 Å². The van der Waals surface area contributed by atoms with E-state index < -0.39 is 49.0 Å². The van der Waals surface area contributed by atoms with Crippen LogP contribution >= 0.6 is 0 Å². The Kier molecular flexibility index (Phi) is 5.71. The Morgan fingerprint density at radius 3 is 2.36 bits per heavy atom. The molecule has 2 saturated heterocycles. The summed E-state index contributed by atoms with van der Waals surface area (Å²) >= 11 is 0. The zero-order valence-electron chi connectivity index (χ0n) is 12.8. The number of carbonyl (C=O) groups is 2. The second kappa shape index (κ2) is 7.34. The monoisotopic (exact) mass is 320 g/mol. The van der Waals surface area contributed by atoms with E-state index in [0.717, 1.165) is 13.3 Å². The lowest BCUT2D eigenvalue weighted by Crippen LogP contribution is -2.63. The highest BCUT2D eigenvalue weighted by Gasteiger charge is 2.53. The quantitative estimate of drug-likeness (QED) is 0.717. The Morgan fingerprint density at radius 2 is 1.77 bits per heavy atom. The highest BCUT2D eigenvalue weighted by Crippen LogP contribution is 2.33. The fourth-order valence-electron chi connectivity index (χ4n) is 2.61. The third-order valence-electron chi connectivity index (χ3n) is 3.46. The minimum absolute atomic E-state index is 0.125. The van der Waals surface area contributed by atoms with Gasteiger partial charge in [-0.2, -0.15) is 0 Å². The predicted molar refractivity (Wildman–Crippen MR) is 70.4 cm³/mol. The lowest BCUT2D eigenvalue weighted by Gasteiger charge is -2.46. The fourth-order valence-corrected chi connectivity index (χ4v) is 2.61. The second-order valence-corrected chi connectivity index (χ2v) is 5.33. The van der Waals surface area contributed by atoms with Gasteiger partial charge in [-0.3, -0.25) is 9.59 Å². The van der Waals surface area contributed by atoms with Crippen LogP contribution in [0.3, 0.4) is 0 Å². The standard InChI is InChI=1S/C14H21FO7/c1-4-5-10-18-6-9-11(22-10)12(19-7(2)16)13(14(15)21-9)20-8(3)17/h9-14H,4-6H2,1-3H3/t9-,10?,11-,12+,13-,14+/m1/s1. The first kappa shape index (κ1) is 17.1. The summed E-state index contributed by atoms with van der Waals surface area (Å²) < 4.78 is 40.5. The molecule has 0 aromatic heterocycles. The molecule has 8 heteroatoms. The third kappa shape index (κ3) is 3.93. The molecule has 2 rings (SSSR count). The van der Waals surface area contributed by atoms with E-state index in [1.807, 2.05) is 6.92 Å². The molecule has 0 bridgehead atoms. The largest absolute Gasteiger partial charge is 0.455 e. The lowest BCUT2D eigenvalue weighted by molar-refractivity contribution is -0.342. The van der Waals surface area contributed by atoms with Crippen LogP contribution in [-0.2, 0) is 33.3 Å². The molecule has 6 atom stereocenters. The van der Waals surface area contributed by atoms with Gasteiger partial charge in [-0.05, 0) is 6.42 Å². The van der Waals surface area contributed by atoms with E-state index in [0.29, 0.717) is 6.42 Å². The van der Waals surface area contributed by atoms with Gasteiger partial charge in [-0.25, -0.2) is 4.39 Å². The number of rotatable bonds is 4. The van der Waals surface area contributed by atoms with Gasteiger partial charge < -0.3 is 23.7 Å². The number of alkyl halides is 1. The predicted octanol–water partition coefficient (Wildman–Crippen LogP) is 1.09. The maximum absolute atomic E-state index is 14.1. The van der Waals surface area contributed by atoms with Crippen molar-refractivity contribution >= 4 is 11.9 Å². The first-order valence-electron chi connectivity index (χ1n) is 7.33. The molecule has 7 nitrogen and oxygen atoms in total. The minimum atomic E-state index is -1.91. The normalized spacial score (nSPS) is 38.0. The van der Waals surface area contributed by atoms with Gasteiger partial charge in [0.1, 0.15) is 12.2 Å². The molecule has 0 N–H and O–H groups in total. The Hall–Kier alpha value is -1.25. The molecule has 126 valence electrons. The Morgan fingerprint density at radius 1 is 1.14 bits per heavy atom. The molecule has 0 radical (unpaired) electrons. The first-order chi connectivity index (χ1) is 10.4. The highest BCUT2D eigenvalue weighted by atomic mass is 19.1. The number of carbonyl (C=O) groups excluding carboxylic acids is 2. The number of ether oxygens (including phenoxy) is 5. The number of esters is 2. The number of fused-ring (bicyclic) bond motifs is 1. The zero-order chi connectivity index (χ0) is 16.3. The van der Waals surface area contributed by atoms with Crippen LogP contribution in [0.2, 0.25) is 0 Å². The molecule has 22 heavy (non-hydrogen) atoms. The molecule has 0 aliphatic carbocycles. The molecule has 0 aromatic rings. The molecular weight excluding hydrogens is 299 g/mol. The molecule has 2 heterocycles. The highest BCUT2D eigenvalue weighted by molar-refractivity contribution is 5.67. The van der Waals surface area contributed by atoms with Crippen LogP contribution in [0.1, 0.15) is 33.6 Å². The van der Waals surface area contributed by atoms with Crippen molar-refractivity contribution in [3.8, 4) is 0 Å².